The van der Waals surface area contributed by atoms with Gasteiger partial charge in [0.05, 0.1) is 6.54 Å². The van der Waals surface area contributed by atoms with Crippen LogP contribution in [0.15, 0.2) is 12.3 Å². The summed E-state index contributed by atoms with van der Waals surface area (Å²) in [7, 11) is 3.42. The summed E-state index contributed by atoms with van der Waals surface area (Å²) >= 11 is 0. The number of carbonyl (C=O) groups excluding carboxylic acids is 1. The molecule has 1 heterocycles. The molecule has 0 aromatic carbocycles. The third-order valence-corrected chi connectivity index (χ3v) is 2.06. The average molecular weight is 208 g/mol. The van der Waals surface area contributed by atoms with Crippen LogP contribution in [0.3, 0.4) is 0 Å². The predicted molar refractivity (Wildman–Crippen MR) is 60.6 cm³/mol. The van der Waals surface area contributed by atoms with Gasteiger partial charge < -0.3 is 16.0 Å². The molecular formula is C10H16N4O. The maximum Gasteiger partial charge on any atom is 0.241 e. The van der Waals surface area contributed by atoms with Gasteiger partial charge in [-0.15, -0.1) is 0 Å². The fourth-order valence-electron chi connectivity index (χ4n) is 0.960. The fourth-order valence-corrected chi connectivity index (χ4v) is 0.960. The van der Waals surface area contributed by atoms with Crippen molar-refractivity contribution in [3.63, 3.8) is 0 Å². The Labute approximate surface area is 89.3 Å². The number of aromatic nitrogens is 1. The number of carbonyl (C=O) groups is 1. The number of aryl methyl sites for hydroxylation is 1. The lowest BCUT2D eigenvalue weighted by molar-refractivity contribution is -0.126. The standard InChI is InChI=1S/C10H16N4O/c1-7-5-12-9(4-8(7)11)13-6-10(15)14(2)3/h4-5H,6H2,1-3H3,(H3,11,12,13). The maximum atomic E-state index is 11.3. The Balaban J connectivity index is 2.58. The van der Waals surface area contributed by atoms with Gasteiger partial charge in [-0.3, -0.25) is 4.79 Å². The van der Waals surface area contributed by atoms with E-state index < -0.39 is 0 Å². The molecule has 0 saturated heterocycles. The number of nitrogen functional groups attached to an aromatic ring is 1. The van der Waals surface area contributed by atoms with Crippen LogP contribution in [-0.2, 0) is 4.79 Å². The Morgan fingerprint density at radius 3 is 2.80 bits per heavy atom. The molecule has 0 aliphatic rings. The Bertz CT molecular complexity index is 362. The minimum Gasteiger partial charge on any atom is -0.398 e. The molecule has 1 rings (SSSR count). The molecule has 0 aliphatic carbocycles. The molecule has 0 unspecified atom stereocenters. The molecule has 0 spiro atoms. The van der Waals surface area contributed by atoms with E-state index >= 15 is 0 Å². The van der Waals surface area contributed by atoms with Crippen LogP contribution in [0, 0.1) is 6.92 Å². The Hall–Kier alpha value is -1.78. The first kappa shape index (κ1) is 11.3. The number of hydrogen-bond acceptors (Lipinski definition) is 4. The number of likely N-dealkylation sites (N-methyl/N-ethyl adjacent to an activating group) is 1. The van der Waals surface area contributed by atoms with E-state index in [0.29, 0.717) is 11.5 Å². The molecule has 1 amide bonds. The van der Waals surface area contributed by atoms with Crippen molar-refractivity contribution in [2.45, 2.75) is 6.92 Å². The van der Waals surface area contributed by atoms with Gasteiger partial charge in [-0.2, -0.15) is 0 Å². The van der Waals surface area contributed by atoms with E-state index in [9.17, 15) is 4.79 Å². The number of anilines is 2. The average Bonchev–Trinajstić information content (AvgIpc) is 2.19. The largest absolute Gasteiger partial charge is 0.398 e. The number of pyridine rings is 1. The summed E-state index contributed by atoms with van der Waals surface area (Å²) in [6.07, 6.45) is 1.68. The summed E-state index contributed by atoms with van der Waals surface area (Å²) in [6, 6.07) is 1.72. The van der Waals surface area contributed by atoms with Crippen molar-refractivity contribution < 1.29 is 4.79 Å². The molecule has 5 heteroatoms. The number of rotatable bonds is 3. The van der Waals surface area contributed by atoms with Crippen molar-refractivity contribution in [1.82, 2.24) is 9.88 Å². The van der Waals surface area contributed by atoms with E-state index in [1.807, 2.05) is 6.92 Å². The number of amides is 1. The van der Waals surface area contributed by atoms with Crippen LogP contribution >= 0.6 is 0 Å². The zero-order chi connectivity index (χ0) is 11.4. The highest BCUT2D eigenvalue weighted by atomic mass is 16.2. The molecule has 1 aromatic rings. The first-order valence-electron chi connectivity index (χ1n) is 4.67. The second kappa shape index (κ2) is 4.63. The monoisotopic (exact) mass is 208 g/mol. The molecule has 82 valence electrons. The molecular weight excluding hydrogens is 192 g/mol. The van der Waals surface area contributed by atoms with Crippen LogP contribution in [0.1, 0.15) is 5.56 Å². The lowest BCUT2D eigenvalue weighted by Crippen LogP contribution is -2.28. The van der Waals surface area contributed by atoms with Gasteiger partial charge in [0.25, 0.3) is 0 Å². The van der Waals surface area contributed by atoms with Crippen LogP contribution in [-0.4, -0.2) is 36.4 Å². The zero-order valence-electron chi connectivity index (χ0n) is 9.24. The molecule has 5 nitrogen and oxygen atoms in total. The topological polar surface area (TPSA) is 71.2 Å². The SMILES string of the molecule is Cc1cnc(NCC(=O)N(C)C)cc1N. The summed E-state index contributed by atoms with van der Waals surface area (Å²) < 4.78 is 0. The molecule has 3 N–H and O–H groups in total. The summed E-state index contributed by atoms with van der Waals surface area (Å²) in [5.41, 5.74) is 7.31. The van der Waals surface area contributed by atoms with Crippen LogP contribution in [0.4, 0.5) is 11.5 Å². The summed E-state index contributed by atoms with van der Waals surface area (Å²) in [6.45, 7) is 2.11. The molecule has 0 aliphatic heterocycles. The minimum atomic E-state index is -0.00375. The van der Waals surface area contributed by atoms with Crippen molar-refractivity contribution in [2.24, 2.45) is 0 Å². The fraction of sp³-hybridized carbons (Fsp3) is 0.400. The highest BCUT2D eigenvalue weighted by Gasteiger charge is 2.04. The molecule has 0 fully saturated rings. The zero-order valence-corrected chi connectivity index (χ0v) is 9.24. The lowest BCUT2D eigenvalue weighted by atomic mass is 10.2. The first-order valence-corrected chi connectivity index (χ1v) is 4.67. The Morgan fingerprint density at radius 2 is 2.27 bits per heavy atom. The smallest absolute Gasteiger partial charge is 0.241 e. The van der Waals surface area contributed by atoms with E-state index in [1.165, 1.54) is 4.90 Å². The summed E-state index contributed by atoms with van der Waals surface area (Å²) in [4.78, 5) is 16.9. The minimum absolute atomic E-state index is 0.00375. The van der Waals surface area contributed by atoms with Crippen LogP contribution in [0.25, 0.3) is 0 Å². The Morgan fingerprint density at radius 1 is 1.60 bits per heavy atom. The van der Waals surface area contributed by atoms with Gasteiger partial charge in [0.15, 0.2) is 0 Å². The third-order valence-electron chi connectivity index (χ3n) is 2.06. The summed E-state index contributed by atoms with van der Waals surface area (Å²) in [5, 5.41) is 2.91. The van der Waals surface area contributed by atoms with Gasteiger partial charge >= 0.3 is 0 Å². The maximum absolute atomic E-state index is 11.3. The molecule has 15 heavy (non-hydrogen) atoms. The quantitative estimate of drug-likeness (QED) is 0.757. The summed E-state index contributed by atoms with van der Waals surface area (Å²) in [5.74, 6) is 0.615. The molecule has 0 bridgehead atoms. The third kappa shape index (κ3) is 3.12. The van der Waals surface area contributed by atoms with Gasteiger partial charge in [-0.25, -0.2) is 4.98 Å². The lowest BCUT2D eigenvalue weighted by Gasteiger charge is -2.11. The van der Waals surface area contributed by atoms with Crippen molar-refractivity contribution >= 4 is 17.4 Å². The van der Waals surface area contributed by atoms with Gasteiger partial charge in [-0.1, -0.05) is 0 Å². The molecule has 1 aromatic heterocycles. The van der Waals surface area contributed by atoms with E-state index in [1.54, 1.807) is 26.4 Å². The van der Waals surface area contributed by atoms with Crippen LogP contribution < -0.4 is 11.1 Å². The van der Waals surface area contributed by atoms with E-state index in [4.69, 9.17) is 5.73 Å². The number of nitrogens with two attached hydrogens (primary N) is 1. The normalized spacial score (nSPS) is 9.80. The van der Waals surface area contributed by atoms with E-state index in [-0.39, 0.29) is 12.5 Å². The number of hydrogen-bond donors (Lipinski definition) is 2. The second-order valence-electron chi connectivity index (χ2n) is 3.57. The molecule has 0 atom stereocenters. The first-order chi connectivity index (χ1) is 7.00. The van der Waals surface area contributed by atoms with E-state index in [2.05, 4.69) is 10.3 Å². The van der Waals surface area contributed by atoms with Crippen molar-refractivity contribution in [3.05, 3.63) is 17.8 Å². The Kier molecular flexibility index (Phi) is 3.49. The number of nitrogens with zero attached hydrogens (tertiary/aromatic N) is 2. The highest BCUT2D eigenvalue weighted by molar-refractivity contribution is 5.80. The van der Waals surface area contributed by atoms with Crippen molar-refractivity contribution in [2.75, 3.05) is 31.7 Å². The van der Waals surface area contributed by atoms with Gasteiger partial charge in [-0.05, 0) is 12.5 Å². The van der Waals surface area contributed by atoms with Crippen molar-refractivity contribution in [3.8, 4) is 0 Å². The van der Waals surface area contributed by atoms with Crippen LogP contribution in [0.5, 0.6) is 0 Å². The van der Waals surface area contributed by atoms with E-state index in [0.717, 1.165) is 5.56 Å². The second-order valence-corrected chi connectivity index (χ2v) is 3.57. The molecule has 0 radical (unpaired) electrons. The van der Waals surface area contributed by atoms with Crippen LogP contribution in [0.2, 0.25) is 0 Å². The molecule has 0 saturated carbocycles. The predicted octanol–water partition coefficient (Wildman–Crippen LogP) is 0.472. The highest BCUT2D eigenvalue weighted by Crippen LogP contribution is 2.12. The van der Waals surface area contributed by atoms with Gasteiger partial charge in [0, 0.05) is 32.0 Å². The van der Waals surface area contributed by atoms with Gasteiger partial charge in [0.1, 0.15) is 5.82 Å². The number of nitrogens with one attached hydrogen (secondary N) is 1. The van der Waals surface area contributed by atoms with Gasteiger partial charge in [0.2, 0.25) is 5.91 Å². The van der Waals surface area contributed by atoms with Crippen molar-refractivity contribution in [1.29, 1.82) is 0 Å².